The minimum absolute atomic E-state index is 0.0172. The maximum atomic E-state index is 13.0. The van der Waals surface area contributed by atoms with Gasteiger partial charge in [-0.2, -0.15) is 0 Å². The lowest BCUT2D eigenvalue weighted by Crippen LogP contribution is -2.33. The molecule has 0 fully saturated rings. The van der Waals surface area contributed by atoms with Gasteiger partial charge in [-0.05, 0) is 11.0 Å². The fourth-order valence-corrected chi connectivity index (χ4v) is 1.69. The van der Waals surface area contributed by atoms with Gasteiger partial charge in [-0.15, -0.1) is 0 Å². The average molecular weight is 264 g/mol. The second kappa shape index (κ2) is 5.82. The molecular formula is C13H11BF2O3. The van der Waals surface area contributed by atoms with E-state index < -0.39 is 18.8 Å². The van der Waals surface area contributed by atoms with Crippen molar-refractivity contribution in [2.75, 3.05) is 0 Å². The molecule has 0 atom stereocenters. The molecule has 2 aromatic carbocycles. The molecule has 0 radical (unpaired) electrons. The van der Waals surface area contributed by atoms with E-state index in [1.807, 2.05) is 0 Å². The Bertz CT molecular complexity index is 555. The molecule has 19 heavy (non-hydrogen) atoms. The molecule has 2 rings (SSSR count). The van der Waals surface area contributed by atoms with E-state index in [9.17, 15) is 8.78 Å². The molecule has 2 aromatic rings. The Morgan fingerprint density at radius 1 is 1.00 bits per heavy atom. The van der Waals surface area contributed by atoms with E-state index >= 15 is 0 Å². The first-order chi connectivity index (χ1) is 9.06. The van der Waals surface area contributed by atoms with E-state index in [4.69, 9.17) is 14.8 Å². The maximum Gasteiger partial charge on any atom is 0.488 e. The SMILES string of the molecule is OB(O)c1ccccc1COc1cc(F)cc(F)c1. The highest BCUT2D eigenvalue weighted by Gasteiger charge is 2.15. The van der Waals surface area contributed by atoms with Gasteiger partial charge in [-0.3, -0.25) is 0 Å². The Labute approximate surface area is 109 Å². The van der Waals surface area contributed by atoms with Gasteiger partial charge in [-0.25, -0.2) is 8.78 Å². The van der Waals surface area contributed by atoms with Crippen molar-refractivity contribution in [2.24, 2.45) is 0 Å². The first-order valence-electron chi connectivity index (χ1n) is 5.59. The summed E-state index contributed by atoms with van der Waals surface area (Å²) in [6.45, 7) is -0.0172. The van der Waals surface area contributed by atoms with Crippen molar-refractivity contribution in [3.63, 3.8) is 0 Å². The monoisotopic (exact) mass is 264 g/mol. The minimum atomic E-state index is -1.62. The van der Waals surface area contributed by atoms with Crippen LogP contribution in [0, 0.1) is 11.6 Å². The van der Waals surface area contributed by atoms with Crippen molar-refractivity contribution < 1.29 is 23.6 Å². The Kier molecular flexibility index (Phi) is 4.14. The van der Waals surface area contributed by atoms with Crippen molar-refractivity contribution in [3.8, 4) is 5.75 Å². The van der Waals surface area contributed by atoms with E-state index in [1.54, 1.807) is 18.2 Å². The van der Waals surface area contributed by atoms with Crippen molar-refractivity contribution >= 4 is 12.6 Å². The molecule has 0 spiro atoms. The molecular weight excluding hydrogens is 253 g/mol. The third kappa shape index (κ3) is 3.53. The van der Waals surface area contributed by atoms with Gasteiger partial charge in [0.15, 0.2) is 0 Å². The molecule has 98 valence electrons. The molecule has 0 unspecified atom stereocenters. The van der Waals surface area contributed by atoms with Gasteiger partial charge in [0, 0.05) is 18.2 Å². The lowest BCUT2D eigenvalue weighted by Gasteiger charge is -2.10. The summed E-state index contributed by atoms with van der Waals surface area (Å²) in [5, 5.41) is 18.3. The number of rotatable bonds is 4. The van der Waals surface area contributed by atoms with Crippen molar-refractivity contribution in [1.29, 1.82) is 0 Å². The predicted octanol–water partition coefficient (Wildman–Crippen LogP) is 1.22. The molecule has 3 nitrogen and oxygen atoms in total. The van der Waals surface area contributed by atoms with Gasteiger partial charge in [0.2, 0.25) is 0 Å². The topological polar surface area (TPSA) is 49.7 Å². The summed E-state index contributed by atoms with van der Waals surface area (Å²) < 4.78 is 31.2. The smallest absolute Gasteiger partial charge is 0.488 e. The number of hydrogen-bond donors (Lipinski definition) is 2. The quantitative estimate of drug-likeness (QED) is 0.816. The fraction of sp³-hybridized carbons (Fsp3) is 0.0769. The van der Waals surface area contributed by atoms with Gasteiger partial charge in [0.05, 0.1) is 0 Å². The zero-order valence-corrected chi connectivity index (χ0v) is 9.88. The second-order valence-electron chi connectivity index (χ2n) is 3.97. The van der Waals surface area contributed by atoms with Gasteiger partial charge in [0.25, 0.3) is 0 Å². The van der Waals surface area contributed by atoms with Crippen LogP contribution in [0.2, 0.25) is 0 Å². The Hall–Kier alpha value is -1.92. The molecule has 0 bridgehead atoms. The summed E-state index contributed by atoms with van der Waals surface area (Å²) in [6.07, 6.45) is 0. The van der Waals surface area contributed by atoms with Crippen LogP contribution in [0.4, 0.5) is 8.78 Å². The maximum absolute atomic E-state index is 13.0. The van der Waals surface area contributed by atoms with Crippen LogP contribution >= 0.6 is 0 Å². The molecule has 2 N–H and O–H groups in total. The molecule has 0 saturated heterocycles. The molecule has 0 aliphatic heterocycles. The van der Waals surface area contributed by atoms with Crippen molar-refractivity contribution in [2.45, 2.75) is 6.61 Å². The standard InChI is InChI=1S/C13H11BF2O3/c15-10-5-11(16)7-12(6-10)19-8-9-3-1-2-4-13(9)14(17)18/h1-7,17-18H,8H2. The van der Waals surface area contributed by atoms with E-state index in [2.05, 4.69) is 0 Å². The van der Waals surface area contributed by atoms with E-state index in [1.165, 1.54) is 6.07 Å². The van der Waals surface area contributed by atoms with Crippen molar-refractivity contribution in [1.82, 2.24) is 0 Å². The number of ether oxygens (including phenoxy) is 1. The molecule has 0 aliphatic rings. The molecule has 0 amide bonds. The lowest BCUT2D eigenvalue weighted by atomic mass is 9.77. The van der Waals surface area contributed by atoms with E-state index in [-0.39, 0.29) is 12.4 Å². The zero-order valence-electron chi connectivity index (χ0n) is 9.88. The van der Waals surface area contributed by atoms with Gasteiger partial charge >= 0.3 is 7.12 Å². The summed E-state index contributed by atoms with van der Waals surface area (Å²) in [4.78, 5) is 0. The second-order valence-corrected chi connectivity index (χ2v) is 3.97. The number of hydrogen-bond acceptors (Lipinski definition) is 3. The van der Waals surface area contributed by atoms with E-state index in [0.717, 1.165) is 18.2 Å². The van der Waals surface area contributed by atoms with Crippen LogP contribution in [-0.2, 0) is 6.61 Å². The first-order valence-corrected chi connectivity index (χ1v) is 5.59. The fourth-order valence-electron chi connectivity index (χ4n) is 1.69. The Balaban J connectivity index is 2.14. The number of benzene rings is 2. The third-order valence-corrected chi connectivity index (χ3v) is 2.56. The molecule has 0 aliphatic carbocycles. The highest BCUT2D eigenvalue weighted by molar-refractivity contribution is 6.59. The van der Waals surface area contributed by atoms with Gasteiger partial charge in [-0.1, -0.05) is 24.3 Å². The van der Waals surface area contributed by atoms with Crippen molar-refractivity contribution in [3.05, 3.63) is 59.7 Å². The summed E-state index contributed by atoms with van der Waals surface area (Å²) in [7, 11) is -1.62. The Morgan fingerprint density at radius 2 is 1.63 bits per heavy atom. The minimum Gasteiger partial charge on any atom is -0.489 e. The van der Waals surface area contributed by atoms with Crippen LogP contribution in [0.5, 0.6) is 5.75 Å². The lowest BCUT2D eigenvalue weighted by molar-refractivity contribution is 0.303. The highest BCUT2D eigenvalue weighted by Crippen LogP contribution is 2.16. The number of halogens is 2. The summed E-state index contributed by atoms with van der Waals surface area (Å²) in [5.41, 5.74) is 0.821. The molecule has 0 heterocycles. The predicted molar refractivity (Wildman–Crippen MR) is 67.0 cm³/mol. The van der Waals surface area contributed by atoms with Crippen LogP contribution in [0.3, 0.4) is 0 Å². The first kappa shape index (κ1) is 13.5. The van der Waals surface area contributed by atoms with Crippen LogP contribution in [0.1, 0.15) is 5.56 Å². The summed E-state index contributed by atoms with van der Waals surface area (Å²) >= 11 is 0. The molecule has 0 saturated carbocycles. The van der Waals surface area contributed by atoms with Gasteiger partial charge in [0.1, 0.15) is 24.0 Å². The van der Waals surface area contributed by atoms with Crippen LogP contribution in [0.25, 0.3) is 0 Å². The largest absolute Gasteiger partial charge is 0.489 e. The summed E-state index contributed by atoms with van der Waals surface area (Å²) in [5.74, 6) is -1.42. The zero-order chi connectivity index (χ0) is 13.8. The van der Waals surface area contributed by atoms with Crippen LogP contribution in [0.15, 0.2) is 42.5 Å². The normalized spacial score (nSPS) is 10.3. The molecule has 6 heteroatoms. The Morgan fingerprint density at radius 3 is 2.26 bits per heavy atom. The molecule has 0 aromatic heterocycles. The van der Waals surface area contributed by atoms with Crippen LogP contribution in [-0.4, -0.2) is 17.2 Å². The van der Waals surface area contributed by atoms with E-state index in [0.29, 0.717) is 11.0 Å². The summed E-state index contributed by atoms with van der Waals surface area (Å²) in [6, 6.07) is 9.40. The van der Waals surface area contributed by atoms with Crippen LogP contribution < -0.4 is 10.2 Å². The average Bonchev–Trinajstić information content (AvgIpc) is 2.35. The highest BCUT2D eigenvalue weighted by atomic mass is 19.1. The third-order valence-electron chi connectivity index (χ3n) is 2.56. The van der Waals surface area contributed by atoms with Gasteiger partial charge < -0.3 is 14.8 Å².